The molecule has 1 aromatic rings. The Kier molecular flexibility index (Phi) is 4.69. The van der Waals surface area contributed by atoms with Crippen molar-refractivity contribution in [3.63, 3.8) is 0 Å². The molecule has 24 heavy (non-hydrogen) atoms. The molecule has 1 fully saturated rings. The second-order valence-electron chi connectivity index (χ2n) is 5.45. The number of hydrogen-bond donors (Lipinski definition) is 5. The fraction of sp³-hybridized carbons (Fsp3) is 0.500. The summed E-state index contributed by atoms with van der Waals surface area (Å²) in [6, 6.07) is 6.25. The van der Waals surface area contributed by atoms with E-state index >= 15 is 0 Å². The van der Waals surface area contributed by atoms with Gasteiger partial charge in [0.1, 0.15) is 24.4 Å². The number of carbonyl (C=O) groups excluding carboxylic acids is 1. The third kappa shape index (κ3) is 2.84. The summed E-state index contributed by atoms with van der Waals surface area (Å²) >= 11 is 0. The van der Waals surface area contributed by atoms with E-state index in [-0.39, 0.29) is 16.5 Å². The highest BCUT2D eigenvalue weighted by molar-refractivity contribution is 5.83. The molecule has 6 atom stereocenters. The van der Waals surface area contributed by atoms with E-state index in [4.69, 9.17) is 14.3 Å². The van der Waals surface area contributed by atoms with Gasteiger partial charge >= 0.3 is 5.91 Å². The SMILES string of the molecule is O=C1C(OC2O[C@H](CO)[C@@H](O)[C@H](O)[C@H]2O)c2ccccc2ON1O. The molecular weight excluding hydrogens is 326 g/mol. The molecule has 10 heteroatoms. The van der Waals surface area contributed by atoms with Crippen molar-refractivity contribution in [2.24, 2.45) is 0 Å². The maximum absolute atomic E-state index is 12.1. The summed E-state index contributed by atoms with van der Waals surface area (Å²) in [5.74, 6) is -0.806. The van der Waals surface area contributed by atoms with Gasteiger partial charge in [-0.25, -0.2) is 0 Å². The Labute approximate surface area is 135 Å². The lowest BCUT2D eigenvalue weighted by atomic mass is 9.99. The van der Waals surface area contributed by atoms with Gasteiger partial charge in [-0.2, -0.15) is 0 Å². The number of para-hydroxylation sites is 1. The molecule has 132 valence electrons. The van der Waals surface area contributed by atoms with Crippen molar-refractivity contribution in [1.82, 2.24) is 5.23 Å². The first-order chi connectivity index (χ1) is 11.4. The molecule has 2 aliphatic heterocycles. The Bertz CT molecular complexity index is 610. The number of aliphatic hydroxyl groups excluding tert-OH is 4. The van der Waals surface area contributed by atoms with Crippen LogP contribution in [0.3, 0.4) is 0 Å². The fourth-order valence-corrected chi connectivity index (χ4v) is 2.60. The lowest BCUT2D eigenvalue weighted by molar-refractivity contribution is -0.324. The van der Waals surface area contributed by atoms with E-state index in [0.717, 1.165) is 0 Å². The van der Waals surface area contributed by atoms with Crippen LogP contribution in [0.5, 0.6) is 5.75 Å². The standard InChI is InChI=1S/C14H17NO9/c16-5-8-9(17)10(18)11(19)14(22-8)23-12-6-3-1-2-4-7(6)24-15(21)13(12)20/h1-4,8-12,14,16-19,21H,5H2/t8-,9-,10+,11-,12?,14?/m1/s1. The van der Waals surface area contributed by atoms with Crippen LogP contribution < -0.4 is 4.84 Å². The number of rotatable bonds is 3. The first-order valence-electron chi connectivity index (χ1n) is 7.19. The van der Waals surface area contributed by atoms with E-state index < -0.39 is 49.3 Å². The Hall–Kier alpha value is -1.79. The molecule has 0 bridgehead atoms. The molecule has 1 amide bonds. The third-order valence-electron chi connectivity index (χ3n) is 3.92. The number of ether oxygens (including phenoxy) is 2. The maximum Gasteiger partial charge on any atom is 0.318 e. The summed E-state index contributed by atoms with van der Waals surface area (Å²) in [7, 11) is 0. The minimum absolute atomic E-state index is 0.00297. The van der Waals surface area contributed by atoms with E-state index in [1.54, 1.807) is 12.1 Å². The minimum atomic E-state index is -1.67. The van der Waals surface area contributed by atoms with E-state index in [0.29, 0.717) is 0 Å². The summed E-state index contributed by atoms with van der Waals surface area (Å²) < 4.78 is 10.6. The number of fused-ring (bicyclic) bond motifs is 1. The van der Waals surface area contributed by atoms with Gasteiger partial charge in [-0.05, 0) is 11.3 Å². The topological polar surface area (TPSA) is 149 Å². The summed E-state index contributed by atoms with van der Waals surface area (Å²) in [6.07, 6.45) is -8.93. The highest BCUT2D eigenvalue weighted by Crippen LogP contribution is 2.36. The quantitative estimate of drug-likeness (QED) is 0.395. The molecule has 2 heterocycles. The van der Waals surface area contributed by atoms with Crippen molar-refractivity contribution in [3.8, 4) is 5.75 Å². The third-order valence-corrected chi connectivity index (χ3v) is 3.92. The second-order valence-corrected chi connectivity index (χ2v) is 5.45. The van der Waals surface area contributed by atoms with Crippen molar-refractivity contribution >= 4 is 5.91 Å². The Balaban J connectivity index is 1.85. The smallest absolute Gasteiger partial charge is 0.318 e. The maximum atomic E-state index is 12.1. The molecule has 10 nitrogen and oxygen atoms in total. The molecule has 3 rings (SSSR count). The molecule has 0 spiro atoms. The zero-order chi connectivity index (χ0) is 17.4. The molecule has 1 aromatic carbocycles. The normalized spacial score (nSPS) is 36.2. The van der Waals surface area contributed by atoms with Gasteiger partial charge in [0.15, 0.2) is 18.1 Å². The van der Waals surface area contributed by atoms with Gasteiger partial charge in [-0.1, -0.05) is 18.2 Å². The van der Waals surface area contributed by atoms with Crippen molar-refractivity contribution in [1.29, 1.82) is 0 Å². The number of aliphatic hydroxyl groups is 4. The van der Waals surface area contributed by atoms with Crippen LogP contribution in [-0.4, -0.2) is 74.1 Å². The Morgan fingerprint density at radius 1 is 1.12 bits per heavy atom. The number of hydrogen-bond acceptors (Lipinski definition) is 9. The van der Waals surface area contributed by atoms with Gasteiger partial charge in [0, 0.05) is 5.56 Å². The van der Waals surface area contributed by atoms with E-state index in [1.807, 2.05) is 0 Å². The van der Waals surface area contributed by atoms with Gasteiger partial charge in [-0.3, -0.25) is 10.0 Å². The molecule has 1 saturated heterocycles. The molecule has 5 N–H and O–H groups in total. The zero-order valence-corrected chi connectivity index (χ0v) is 12.3. The summed E-state index contributed by atoms with van der Waals surface area (Å²) in [5.41, 5.74) is 0.282. The van der Waals surface area contributed by atoms with Gasteiger partial charge < -0.3 is 34.7 Å². The van der Waals surface area contributed by atoms with Gasteiger partial charge in [0.25, 0.3) is 0 Å². The van der Waals surface area contributed by atoms with Crippen LogP contribution in [0.2, 0.25) is 0 Å². The largest absolute Gasteiger partial charge is 0.394 e. The number of hydroxylamine groups is 2. The van der Waals surface area contributed by atoms with E-state index in [1.165, 1.54) is 12.1 Å². The zero-order valence-electron chi connectivity index (χ0n) is 12.3. The highest BCUT2D eigenvalue weighted by atomic mass is 16.9. The second kappa shape index (κ2) is 6.61. The van der Waals surface area contributed by atoms with Gasteiger partial charge in [0.05, 0.1) is 6.61 Å². The number of benzene rings is 1. The van der Waals surface area contributed by atoms with Crippen molar-refractivity contribution in [2.45, 2.75) is 36.8 Å². The average Bonchev–Trinajstić information content (AvgIpc) is 2.58. The predicted molar refractivity (Wildman–Crippen MR) is 73.3 cm³/mol. The number of carbonyl (C=O) groups is 1. The lowest BCUT2D eigenvalue weighted by Crippen LogP contribution is -2.59. The molecule has 0 saturated carbocycles. The minimum Gasteiger partial charge on any atom is -0.394 e. The fourth-order valence-electron chi connectivity index (χ4n) is 2.60. The summed E-state index contributed by atoms with van der Waals surface area (Å²) in [4.78, 5) is 17.0. The van der Waals surface area contributed by atoms with Crippen LogP contribution in [0.4, 0.5) is 0 Å². The summed E-state index contributed by atoms with van der Waals surface area (Å²) in [5, 5.41) is 48.2. The Morgan fingerprint density at radius 2 is 1.83 bits per heavy atom. The van der Waals surface area contributed by atoms with Crippen molar-refractivity contribution in [3.05, 3.63) is 29.8 Å². The molecular formula is C14H17NO9. The summed E-state index contributed by atoms with van der Waals surface area (Å²) in [6.45, 7) is -0.630. The monoisotopic (exact) mass is 343 g/mol. The first kappa shape index (κ1) is 17.0. The van der Waals surface area contributed by atoms with E-state index in [9.17, 15) is 30.4 Å². The number of amides is 1. The average molecular weight is 343 g/mol. The van der Waals surface area contributed by atoms with Gasteiger partial charge in [-0.15, -0.1) is 0 Å². The molecule has 0 aliphatic carbocycles. The van der Waals surface area contributed by atoms with Crippen LogP contribution in [-0.2, 0) is 14.3 Å². The predicted octanol–water partition coefficient (Wildman–Crippen LogP) is -1.93. The molecule has 0 radical (unpaired) electrons. The van der Waals surface area contributed by atoms with Crippen LogP contribution in [0, 0.1) is 0 Å². The van der Waals surface area contributed by atoms with Gasteiger partial charge in [0.2, 0.25) is 0 Å². The van der Waals surface area contributed by atoms with Crippen LogP contribution >= 0.6 is 0 Å². The van der Waals surface area contributed by atoms with Crippen molar-refractivity contribution < 1.29 is 44.7 Å². The molecule has 2 aliphatic rings. The highest BCUT2D eigenvalue weighted by Gasteiger charge is 2.47. The van der Waals surface area contributed by atoms with Crippen LogP contribution in [0.25, 0.3) is 0 Å². The molecule has 0 aromatic heterocycles. The van der Waals surface area contributed by atoms with Crippen molar-refractivity contribution in [2.75, 3.05) is 6.61 Å². The van der Waals surface area contributed by atoms with E-state index in [2.05, 4.69) is 0 Å². The molecule has 2 unspecified atom stereocenters. The lowest BCUT2D eigenvalue weighted by Gasteiger charge is -2.41. The first-order valence-corrected chi connectivity index (χ1v) is 7.19. The Morgan fingerprint density at radius 3 is 2.54 bits per heavy atom. The number of nitrogens with zero attached hydrogens (tertiary/aromatic N) is 1. The van der Waals surface area contributed by atoms with Crippen LogP contribution in [0.1, 0.15) is 11.7 Å². The van der Waals surface area contributed by atoms with Crippen LogP contribution in [0.15, 0.2) is 24.3 Å².